The number of thioether (sulfide) groups is 2. The van der Waals surface area contributed by atoms with Crippen LogP contribution in [0.3, 0.4) is 0 Å². The minimum atomic E-state index is -0.470. The number of hydrogen-bond acceptors (Lipinski definition) is 6. The molecule has 0 spiro atoms. The van der Waals surface area contributed by atoms with Crippen molar-refractivity contribution in [2.75, 3.05) is 24.7 Å². The molecule has 0 atom stereocenters. The Hall–Kier alpha value is -1.14. The predicted octanol–water partition coefficient (Wildman–Crippen LogP) is 5.06. The summed E-state index contributed by atoms with van der Waals surface area (Å²) in [5.74, 6) is 0.955. The normalized spacial score (nSPS) is 11.0. The van der Waals surface area contributed by atoms with Crippen LogP contribution in [-0.4, -0.2) is 47.2 Å². The van der Waals surface area contributed by atoms with Crippen molar-refractivity contribution in [1.82, 2.24) is 0 Å². The Morgan fingerprint density at radius 3 is 1.54 bits per heavy atom. The van der Waals surface area contributed by atoms with Crippen LogP contribution in [0.5, 0.6) is 0 Å². The fraction of sp³-hybridized carbons (Fsp3) is 0.600. The van der Waals surface area contributed by atoms with Crippen LogP contribution in [0.15, 0.2) is 24.3 Å². The van der Waals surface area contributed by atoms with E-state index in [9.17, 15) is 9.59 Å². The monoisotopic (exact) mass is 398 g/mol. The minimum absolute atomic E-state index is 0.269. The van der Waals surface area contributed by atoms with Crippen molar-refractivity contribution >= 4 is 35.5 Å². The molecule has 0 heterocycles. The molecule has 1 rings (SSSR count). The highest BCUT2D eigenvalue weighted by atomic mass is 32.2. The molecule has 0 saturated carbocycles. The molecular weight excluding hydrogens is 368 g/mol. The largest absolute Gasteiger partial charge is 0.462 e. The van der Waals surface area contributed by atoms with Crippen LogP contribution in [-0.2, 0) is 9.47 Å². The zero-order valence-electron chi connectivity index (χ0n) is 16.2. The summed E-state index contributed by atoms with van der Waals surface area (Å²) in [6.45, 7) is 9.27. The van der Waals surface area contributed by atoms with E-state index in [1.54, 1.807) is 24.3 Å². The van der Waals surface area contributed by atoms with E-state index in [0.29, 0.717) is 23.7 Å². The van der Waals surface area contributed by atoms with Gasteiger partial charge in [0.1, 0.15) is 0 Å². The molecule has 0 fully saturated rings. The third kappa shape index (κ3) is 9.53. The molecular formula is C20H30O4S2. The molecule has 0 aromatic heterocycles. The van der Waals surface area contributed by atoms with E-state index < -0.39 is 11.9 Å². The SMILES string of the molecule is CC(C)SCCCOC(=O)c1ccccc1C(=O)OCCCSC(C)C. The van der Waals surface area contributed by atoms with Gasteiger partial charge in [0, 0.05) is 0 Å². The Morgan fingerprint density at radius 2 is 1.19 bits per heavy atom. The molecule has 0 aliphatic carbocycles. The first-order chi connectivity index (χ1) is 12.4. The lowest BCUT2D eigenvalue weighted by Gasteiger charge is -2.10. The zero-order valence-corrected chi connectivity index (χ0v) is 17.8. The van der Waals surface area contributed by atoms with E-state index in [1.165, 1.54) is 0 Å². The molecule has 0 amide bonds. The van der Waals surface area contributed by atoms with Crippen molar-refractivity contribution in [3.8, 4) is 0 Å². The maximum Gasteiger partial charge on any atom is 0.339 e. The summed E-state index contributed by atoms with van der Waals surface area (Å²) in [5, 5.41) is 1.14. The summed E-state index contributed by atoms with van der Waals surface area (Å²) in [6.07, 6.45) is 1.60. The summed E-state index contributed by atoms with van der Waals surface area (Å²) in [5.41, 5.74) is 0.538. The van der Waals surface area contributed by atoms with Gasteiger partial charge in [0.2, 0.25) is 0 Å². The van der Waals surface area contributed by atoms with Gasteiger partial charge in [-0.1, -0.05) is 39.8 Å². The first-order valence-corrected chi connectivity index (χ1v) is 11.2. The van der Waals surface area contributed by atoms with Gasteiger partial charge in [-0.2, -0.15) is 23.5 Å². The van der Waals surface area contributed by atoms with Gasteiger partial charge >= 0.3 is 11.9 Å². The summed E-state index contributed by atoms with van der Waals surface area (Å²) < 4.78 is 10.6. The average molecular weight is 399 g/mol. The van der Waals surface area contributed by atoms with E-state index in [0.717, 1.165) is 24.3 Å². The summed E-state index contributed by atoms with van der Waals surface area (Å²) in [4.78, 5) is 24.6. The van der Waals surface area contributed by atoms with Crippen LogP contribution in [0.2, 0.25) is 0 Å². The second-order valence-electron chi connectivity index (χ2n) is 6.36. The number of carbonyl (C=O) groups is 2. The minimum Gasteiger partial charge on any atom is -0.462 e. The van der Waals surface area contributed by atoms with Crippen LogP contribution < -0.4 is 0 Å². The lowest BCUT2D eigenvalue weighted by atomic mass is 10.1. The van der Waals surface area contributed by atoms with Gasteiger partial charge < -0.3 is 9.47 Å². The lowest BCUT2D eigenvalue weighted by molar-refractivity contribution is 0.0459. The molecule has 4 nitrogen and oxygen atoms in total. The van der Waals surface area contributed by atoms with E-state index in [4.69, 9.17) is 9.47 Å². The number of rotatable bonds is 12. The second kappa shape index (κ2) is 13.1. The molecule has 0 unspecified atom stereocenters. The fourth-order valence-electron chi connectivity index (χ4n) is 2.08. The van der Waals surface area contributed by atoms with Crippen molar-refractivity contribution in [3.05, 3.63) is 35.4 Å². The molecule has 0 bridgehead atoms. The Balaban J connectivity index is 2.47. The number of ether oxygens (including phenoxy) is 2. The molecule has 26 heavy (non-hydrogen) atoms. The first kappa shape index (κ1) is 22.9. The Morgan fingerprint density at radius 1 is 0.808 bits per heavy atom. The lowest BCUT2D eigenvalue weighted by Crippen LogP contribution is -2.15. The van der Waals surface area contributed by atoms with Gasteiger partial charge in [0.15, 0.2) is 0 Å². The van der Waals surface area contributed by atoms with Gasteiger partial charge in [-0.25, -0.2) is 9.59 Å². The van der Waals surface area contributed by atoms with Gasteiger partial charge in [-0.15, -0.1) is 0 Å². The Labute approximate surface area is 165 Å². The van der Waals surface area contributed by atoms with Gasteiger partial charge in [0.05, 0.1) is 24.3 Å². The third-order valence-electron chi connectivity index (χ3n) is 3.31. The molecule has 0 N–H and O–H groups in total. The highest BCUT2D eigenvalue weighted by Gasteiger charge is 2.18. The number of hydrogen-bond donors (Lipinski definition) is 0. The van der Waals surface area contributed by atoms with E-state index in [2.05, 4.69) is 27.7 Å². The molecule has 0 aliphatic rings. The van der Waals surface area contributed by atoms with Crippen molar-refractivity contribution < 1.29 is 19.1 Å². The van der Waals surface area contributed by atoms with Crippen LogP contribution in [0, 0.1) is 0 Å². The van der Waals surface area contributed by atoms with Crippen LogP contribution >= 0.6 is 23.5 Å². The molecule has 1 aromatic rings. The summed E-state index contributed by atoms with van der Waals surface area (Å²) in [7, 11) is 0. The predicted molar refractivity (Wildman–Crippen MR) is 111 cm³/mol. The third-order valence-corrected chi connectivity index (χ3v) is 5.70. The van der Waals surface area contributed by atoms with Gasteiger partial charge in [-0.3, -0.25) is 0 Å². The maximum absolute atomic E-state index is 12.3. The van der Waals surface area contributed by atoms with Crippen molar-refractivity contribution in [3.63, 3.8) is 0 Å². The zero-order chi connectivity index (χ0) is 19.4. The number of esters is 2. The molecule has 0 saturated heterocycles. The standard InChI is InChI=1S/C20H30O4S2/c1-15(2)25-13-7-11-23-19(21)17-9-5-6-10-18(17)20(22)24-12-8-14-26-16(3)4/h5-6,9-10,15-16H,7-8,11-14H2,1-4H3. The number of benzene rings is 1. The number of carbonyl (C=O) groups excluding carboxylic acids is 2. The fourth-order valence-corrected chi connectivity index (χ4v) is 3.59. The second-order valence-corrected chi connectivity index (χ2v) is 9.73. The van der Waals surface area contributed by atoms with Crippen LogP contribution in [0.1, 0.15) is 61.3 Å². The van der Waals surface area contributed by atoms with E-state index >= 15 is 0 Å². The molecule has 1 aromatic carbocycles. The quantitative estimate of drug-likeness (QED) is 0.362. The highest BCUT2D eigenvalue weighted by Crippen LogP contribution is 2.15. The molecule has 0 radical (unpaired) electrons. The van der Waals surface area contributed by atoms with Crippen LogP contribution in [0.25, 0.3) is 0 Å². The summed E-state index contributed by atoms with van der Waals surface area (Å²) >= 11 is 3.67. The van der Waals surface area contributed by atoms with Crippen molar-refractivity contribution in [1.29, 1.82) is 0 Å². The Kier molecular flexibility index (Phi) is 11.5. The summed E-state index contributed by atoms with van der Waals surface area (Å²) in [6, 6.07) is 6.66. The molecule has 6 heteroatoms. The smallest absolute Gasteiger partial charge is 0.339 e. The Bertz CT molecular complexity index is 509. The van der Waals surface area contributed by atoms with Gasteiger partial charge in [0.25, 0.3) is 0 Å². The highest BCUT2D eigenvalue weighted by molar-refractivity contribution is 8.00. The van der Waals surface area contributed by atoms with Crippen molar-refractivity contribution in [2.24, 2.45) is 0 Å². The van der Waals surface area contributed by atoms with Crippen LogP contribution in [0.4, 0.5) is 0 Å². The molecule has 0 aliphatic heterocycles. The van der Waals surface area contributed by atoms with Gasteiger partial charge in [-0.05, 0) is 47.0 Å². The topological polar surface area (TPSA) is 52.6 Å². The maximum atomic E-state index is 12.3. The van der Waals surface area contributed by atoms with E-state index in [1.807, 2.05) is 23.5 Å². The molecule has 146 valence electrons. The van der Waals surface area contributed by atoms with Crippen molar-refractivity contribution in [2.45, 2.75) is 51.0 Å². The first-order valence-electron chi connectivity index (χ1n) is 9.08. The average Bonchev–Trinajstić information content (AvgIpc) is 2.60. The van der Waals surface area contributed by atoms with E-state index in [-0.39, 0.29) is 11.1 Å².